The Hall–Kier alpha value is -1.65. The Morgan fingerprint density at radius 1 is 1.06 bits per heavy atom. The van der Waals surface area contributed by atoms with Gasteiger partial charge in [-0.2, -0.15) is 0 Å². The molecule has 3 aliphatic rings. The number of halogens is 3. The molecule has 10 heteroatoms. The van der Waals surface area contributed by atoms with Crippen molar-refractivity contribution in [3.63, 3.8) is 0 Å². The van der Waals surface area contributed by atoms with Gasteiger partial charge in [-0.15, -0.1) is 0 Å². The average molecular weight is 503 g/mol. The number of carbonyl (C=O) groups is 1. The summed E-state index contributed by atoms with van der Waals surface area (Å²) in [5.74, 6) is -3.50. The zero-order valence-electron chi connectivity index (χ0n) is 19.2. The van der Waals surface area contributed by atoms with Gasteiger partial charge in [-0.25, -0.2) is 21.6 Å². The molecule has 1 aromatic carbocycles. The molecule has 6 nitrogen and oxygen atoms in total. The summed E-state index contributed by atoms with van der Waals surface area (Å²) in [6.45, 7) is 0.586. The van der Waals surface area contributed by atoms with E-state index in [1.165, 1.54) is 0 Å². The van der Waals surface area contributed by atoms with Crippen molar-refractivity contribution < 1.29 is 31.1 Å². The van der Waals surface area contributed by atoms with Crippen molar-refractivity contribution >= 4 is 15.7 Å². The molecule has 0 spiro atoms. The molecule has 0 aliphatic carbocycles. The van der Waals surface area contributed by atoms with Gasteiger partial charge in [0.15, 0.2) is 21.5 Å². The summed E-state index contributed by atoms with van der Waals surface area (Å²) >= 11 is 0. The molecule has 2 N–H and O–H groups in total. The number of hydrogen-bond donors (Lipinski definition) is 1. The maximum absolute atomic E-state index is 14.0. The Bertz CT molecular complexity index is 986. The zero-order chi connectivity index (χ0) is 24.5. The fraction of sp³-hybridized carbons (Fsp3) is 0.708. The zero-order valence-corrected chi connectivity index (χ0v) is 20.0. The van der Waals surface area contributed by atoms with Gasteiger partial charge < -0.3 is 15.4 Å². The number of nitrogens with zero attached hydrogens (tertiary/aromatic N) is 1. The van der Waals surface area contributed by atoms with Crippen LogP contribution in [0.1, 0.15) is 56.9 Å². The Labute approximate surface area is 198 Å². The normalized spacial score (nSPS) is 28.2. The first-order valence-corrected chi connectivity index (χ1v) is 14.0. The largest absolute Gasteiger partial charge is 0.377 e. The van der Waals surface area contributed by atoms with Crippen LogP contribution < -0.4 is 5.73 Å². The van der Waals surface area contributed by atoms with Crippen LogP contribution in [0, 0.1) is 23.4 Å². The van der Waals surface area contributed by atoms with Gasteiger partial charge in [0.2, 0.25) is 5.91 Å². The summed E-state index contributed by atoms with van der Waals surface area (Å²) in [5.41, 5.74) is 6.38. The van der Waals surface area contributed by atoms with Crippen molar-refractivity contribution in [2.45, 2.75) is 82.0 Å². The lowest BCUT2D eigenvalue weighted by molar-refractivity contribution is -0.136. The molecule has 3 saturated heterocycles. The molecule has 3 fully saturated rings. The van der Waals surface area contributed by atoms with Crippen LogP contribution in [-0.4, -0.2) is 61.6 Å². The van der Waals surface area contributed by atoms with Gasteiger partial charge in [0, 0.05) is 37.2 Å². The summed E-state index contributed by atoms with van der Waals surface area (Å²) in [6.07, 6.45) is 5.33. The lowest BCUT2D eigenvalue weighted by Crippen LogP contribution is -2.50. The number of ether oxygens (including phenoxy) is 1. The molecule has 1 amide bonds. The van der Waals surface area contributed by atoms with E-state index in [-0.39, 0.29) is 59.9 Å². The monoisotopic (exact) mass is 502 g/mol. The molecule has 0 radical (unpaired) electrons. The number of hydrogen-bond acceptors (Lipinski definition) is 5. The van der Waals surface area contributed by atoms with Crippen LogP contribution in [0.3, 0.4) is 0 Å². The van der Waals surface area contributed by atoms with Crippen molar-refractivity contribution in [1.29, 1.82) is 0 Å². The third kappa shape index (κ3) is 5.94. The second kappa shape index (κ2) is 10.5. The summed E-state index contributed by atoms with van der Waals surface area (Å²) in [5, 5.41) is 0. The van der Waals surface area contributed by atoms with E-state index in [1.807, 2.05) is 4.90 Å². The molecule has 3 heterocycles. The highest BCUT2D eigenvalue weighted by molar-refractivity contribution is 7.91. The Morgan fingerprint density at radius 2 is 1.74 bits per heavy atom. The molecule has 0 aromatic heterocycles. The van der Waals surface area contributed by atoms with Crippen LogP contribution in [0.25, 0.3) is 0 Å². The third-order valence-electron chi connectivity index (χ3n) is 7.55. The first-order chi connectivity index (χ1) is 16.1. The number of benzene rings is 1. The predicted molar refractivity (Wildman–Crippen MR) is 121 cm³/mol. The minimum atomic E-state index is -3.38. The number of sulfone groups is 1. The number of rotatable bonds is 8. The van der Waals surface area contributed by atoms with E-state index in [1.54, 1.807) is 0 Å². The lowest BCUT2D eigenvalue weighted by Gasteiger charge is -2.41. The second-order valence-electron chi connectivity index (χ2n) is 10.00. The van der Waals surface area contributed by atoms with Crippen LogP contribution >= 0.6 is 0 Å². The second-order valence-corrected chi connectivity index (χ2v) is 12.2. The molecular formula is C24H33F3N2O4S. The quantitative estimate of drug-likeness (QED) is 0.552. The maximum atomic E-state index is 14.0. The minimum absolute atomic E-state index is 0.0150. The smallest absolute Gasteiger partial charge is 0.224 e. The van der Waals surface area contributed by atoms with E-state index < -0.39 is 33.3 Å². The Kier molecular flexibility index (Phi) is 7.89. The standard InChI is InChI=1S/C24H33F3N2O4S/c25-20-13-22(27)21(26)11-15(20)12-23(28)16-9-17-4-5-18(10-16)29(17)24(30)6-8-34(31,32)14-19-3-1-2-7-33-19/h11,13,16-19,23H,1-10,12,14,28H2/t16-,17+,18-,19?,23-/m1/s1. The highest BCUT2D eigenvalue weighted by Gasteiger charge is 2.44. The lowest BCUT2D eigenvalue weighted by atomic mass is 9.82. The number of nitrogens with two attached hydrogens (primary N) is 1. The number of amides is 1. The van der Waals surface area contributed by atoms with Gasteiger partial charge in [-0.1, -0.05) is 0 Å². The topological polar surface area (TPSA) is 89.7 Å². The summed E-state index contributed by atoms with van der Waals surface area (Å²) in [7, 11) is -3.38. The SMILES string of the molecule is N[C@H](Cc1cc(F)c(F)cc1F)[C@H]1C[C@H]2CC[C@@H](C1)N2C(=O)CCS(=O)(=O)CC1CCCCO1. The van der Waals surface area contributed by atoms with E-state index in [0.717, 1.165) is 38.2 Å². The van der Waals surface area contributed by atoms with E-state index in [9.17, 15) is 26.4 Å². The molecule has 2 bridgehead atoms. The van der Waals surface area contributed by atoms with E-state index in [0.29, 0.717) is 25.5 Å². The molecule has 190 valence electrons. The van der Waals surface area contributed by atoms with Crippen LogP contribution in [-0.2, 0) is 25.8 Å². The fourth-order valence-electron chi connectivity index (χ4n) is 5.79. The van der Waals surface area contributed by atoms with Crippen LogP contribution in [0.2, 0.25) is 0 Å². The van der Waals surface area contributed by atoms with Crippen LogP contribution in [0.4, 0.5) is 13.2 Å². The van der Waals surface area contributed by atoms with Crippen molar-refractivity contribution in [3.8, 4) is 0 Å². The summed E-state index contributed by atoms with van der Waals surface area (Å²) < 4.78 is 71.3. The third-order valence-corrected chi connectivity index (χ3v) is 9.25. The van der Waals surface area contributed by atoms with Crippen LogP contribution in [0.15, 0.2) is 12.1 Å². The first kappa shape index (κ1) is 25.4. The number of piperidine rings is 1. The summed E-state index contributed by atoms with van der Waals surface area (Å²) in [6, 6.07) is 0.895. The molecule has 5 atom stereocenters. The van der Waals surface area contributed by atoms with E-state index in [4.69, 9.17) is 10.5 Å². The molecule has 1 aromatic rings. The average Bonchev–Trinajstić information content (AvgIpc) is 3.05. The molecule has 34 heavy (non-hydrogen) atoms. The van der Waals surface area contributed by atoms with E-state index >= 15 is 0 Å². The molecule has 1 unspecified atom stereocenters. The number of fused-ring (bicyclic) bond motifs is 2. The van der Waals surface area contributed by atoms with Crippen molar-refractivity contribution in [2.24, 2.45) is 11.7 Å². The first-order valence-electron chi connectivity index (χ1n) is 12.1. The van der Waals surface area contributed by atoms with Gasteiger partial charge in [-0.3, -0.25) is 4.79 Å². The van der Waals surface area contributed by atoms with Gasteiger partial charge in [-0.05, 0) is 68.9 Å². The molecule has 4 rings (SSSR count). The fourth-order valence-corrected chi connectivity index (χ4v) is 7.28. The predicted octanol–water partition coefficient (Wildman–Crippen LogP) is 3.12. The Balaban J connectivity index is 1.31. The molecular weight excluding hydrogens is 469 g/mol. The summed E-state index contributed by atoms with van der Waals surface area (Å²) in [4.78, 5) is 14.8. The van der Waals surface area contributed by atoms with Gasteiger partial charge in [0.1, 0.15) is 5.82 Å². The highest BCUT2D eigenvalue weighted by atomic mass is 32.2. The van der Waals surface area contributed by atoms with Gasteiger partial charge in [0.25, 0.3) is 0 Å². The maximum Gasteiger partial charge on any atom is 0.224 e. The minimum Gasteiger partial charge on any atom is -0.377 e. The molecule has 3 aliphatic heterocycles. The van der Waals surface area contributed by atoms with E-state index in [2.05, 4.69) is 0 Å². The van der Waals surface area contributed by atoms with Gasteiger partial charge >= 0.3 is 0 Å². The number of carbonyl (C=O) groups excluding carboxylic acids is 1. The van der Waals surface area contributed by atoms with Gasteiger partial charge in [0.05, 0.1) is 17.6 Å². The highest BCUT2D eigenvalue weighted by Crippen LogP contribution is 2.40. The van der Waals surface area contributed by atoms with Crippen molar-refractivity contribution in [2.75, 3.05) is 18.1 Å². The van der Waals surface area contributed by atoms with Crippen molar-refractivity contribution in [1.82, 2.24) is 4.90 Å². The Morgan fingerprint density at radius 3 is 2.38 bits per heavy atom. The van der Waals surface area contributed by atoms with Crippen LogP contribution in [0.5, 0.6) is 0 Å². The molecule has 0 saturated carbocycles. The van der Waals surface area contributed by atoms with Crippen molar-refractivity contribution in [3.05, 3.63) is 35.1 Å².